The van der Waals surface area contributed by atoms with Crippen molar-refractivity contribution in [3.8, 4) is 0 Å². The number of hydrogen-bond donors (Lipinski definition) is 1. The Morgan fingerprint density at radius 2 is 2.23 bits per heavy atom. The maximum Gasteiger partial charge on any atom is 0.230 e. The monoisotopic (exact) mass is 418 g/mol. The maximum atomic E-state index is 13.8. The van der Waals surface area contributed by atoms with Crippen LogP contribution < -0.4 is 5.32 Å². The first-order valence-corrected chi connectivity index (χ1v) is 9.03. The Hall–Kier alpha value is -2.55. The molecule has 0 saturated heterocycles. The minimum absolute atomic E-state index is 0.108. The quantitative estimate of drug-likeness (QED) is 0.706. The predicted octanol–water partition coefficient (Wildman–Crippen LogP) is 2.63. The van der Waals surface area contributed by atoms with Crippen LogP contribution in [0.2, 0.25) is 0 Å². The summed E-state index contributed by atoms with van der Waals surface area (Å²) in [5.74, 6) is 0.756. The van der Waals surface area contributed by atoms with E-state index in [0.29, 0.717) is 22.4 Å². The van der Waals surface area contributed by atoms with Crippen molar-refractivity contribution in [2.45, 2.75) is 25.9 Å². The number of fused-ring (bicyclic) bond motifs is 1. The molecule has 134 valence electrons. The van der Waals surface area contributed by atoms with Crippen LogP contribution in [0.5, 0.6) is 0 Å². The Morgan fingerprint density at radius 1 is 1.38 bits per heavy atom. The lowest BCUT2D eigenvalue weighted by molar-refractivity contribution is -0.120. The number of anilines is 1. The first-order valence-electron chi connectivity index (χ1n) is 8.24. The third kappa shape index (κ3) is 3.39. The molecule has 7 nitrogen and oxygen atoms in total. The molecule has 0 radical (unpaired) electrons. The molecule has 3 heterocycles. The van der Waals surface area contributed by atoms with E-state index in [1.54, 1.807) is 33.8 Å². The van der Waals surface area contributed by atoms with Gasteiger partial charge in [-0.1, -0.05) is 18.2 Å². The molecule has 1 aliphatic heterocycles. The van der Waals surface area contributed by atoms with E-state index in [2.05, 4.69) is 36.4 Å². The first kappa shape index (κ1) is 16.9. The third-order valence-electron chi connectivity index (χ3n) is 4.43. The fourth-order valence-electron chi connectivity index (χ4n) is 3.03. The molecular weight excluding hydrogens is 403 g/mol. The number of nitrogens with one attached hydrogen (secondary N) is 1. The van der Waals surface area contributed by atoms with Crippen LogP contribution in [-0.4, -0.2) is 30.5 Å². The molecule has 1 N–H and O–H groups in total. The molecule has 9 heteroatoms. The fourth-order valence-corrected chi connectivity index (χ4v) is 3.45. The van der Waals surface area contributed by atoms with E-state index in [9.17, 15) is 9.18 Å². The second-order valence-corrected chi connectivity index (χ2v) is 7.05. The third-order valence-corrected chi connectivity index (χ3v) is 5.01. The van der Waals surface area contributed by atoms with Gasteiger partial charge in [0.2, 0.25) is 5.91 Å². The van der Waals surface area contributed by atoms with Crippen molar-refractivity contribution in [2.75, 3.05) is 5.32 Å². The fraction of sp³-hybridized carbons (Fsp3) is 0.294. The van der Waals surface area contributed by atoms with Gasteiger partial charge in [0, 0.05) is 18.2 Å². The number of nitrogens with zero attached hydrogens (tertiary/aromatic N) is 5. The van der Waals surface area contributed by atoms with Gasteiger partial charge in [-0.15, -0.1) is 0 Å². The zero-order chi connectivity index (χ0) is 18.1. The van der Waals surface area contributed by atoms with Crippen LogP contribution >= 0.6 is 15.9 Å². The van der Waals surface area contributed by atoms with Crippen molar-refractivity contribution in [3.63, 3.8) is 0 Å². The summed E-state index contributed by atoms with van der Waals surface area (Å²) in [7, 11) is 0. The highest BCUT2D eigenvalue weighted by molar-refractivity contribution is 9.10. The van der Waals surface area contributed by atoms with Gasteiger partial charge in [-0.2, -0.15) is 10.2 Å². The second-order valence-electron chi connectivity index (χ2n) is 6.20. The zero-order valence-corrected chi connectivity index (χ0v) is 15.4. The molecule has 1 amide bonds. The van der Waals surface area contributed by atoms with Crippen molar-refractivity contribution in [1.29, 1.82) is 0 Å². The molecule has 26 heavy (non-hydrogen) atoms. The number of carbonyl (C=O) groups excluding carboxylic acids is 1. The molecule has 0 spiro atoms. The number of aryl methyl sites for hydroxylation is 1. The van der Waals surface area contributed by atoms with Gasteiger partial charge >= 0.3 is 0 Å². The number of amides is 1. The van der Waals surface area contributed by atoms with Crippen LogP contribution in [0.1, 0.15) is 17.8 Å². The minimum Gasteiger partial charge on any atom is -0.308 e. The SMILES string of the molecule is O=C(Nc1nn(Cc2ccccc2F)cc1Br)C1CCc2ncnn2C1. The highest BCUT2D eigenvalue weighted by atomic mass is 79.9. The lowest BCUT2D eigenvalue weighted by Gasteiger charge is -2.21. The Labute approximate surface area is 157 Å². The van der Waals surface area contributed by atoms with Gasteiger partial charge in [-0.3, -0.25) is 9.48 Å². The van der Waals surface area contributed by atoms with E-state index in [1.165, 1.54) is 12.4 Å². The van der Waals surface area contributed by atoms with E-state index in [4.69, 9.17) is 0 Å². The van der Waals surface area contributed by atoms with Crippen LogP contribution in [0.3, 0.4) is 0 Å². The van der Waals surface area contributed by atoms with Crippen LogP contribution in [0.4, 0.5) is 10.2 Å². The van der Waals surface area contributed by atoms with E-state index < -0.39 is 0 Å². The van der Waals surface area contributed by atoms with Gasteiger partial charge in [-0.25, -0.2) is 14.1 Å². The summed E-state index contributed by atoms with van der Waals surface area (Å²) in [5, 5.41) is 11.3. The average molecular weight is 419 g/mol. The maximum absolute atomic E-state index is 13.8. The minimum atomic E-state index is -0.282. The summed E-state index contributed by atoms with van der Waals surface area (Å²) in [4.78, 5) is 16.7. The summed E-state index contributed by atoms with van der Waals surface area (Å²) >= 11 is 3.40. The predicted molar refractivity (Wildman–Crippen MR) is 95.9 cm³/mol. The molecule has 0 bridgehead atoms. The Kier molecular flexibility index (Phi) is 4.54. The summed E-state index contributed by atoms with van der Waals surface area (Å²) in [6, 6.07) is 6.55. The molecule has 3 aromatic rings. The van der Waals surface area contributed by atoms with Crippen molar-refractivity contribution in [1.82, 2.24) is 24.5 Å². The standard InChI is InChI=1S/C17H16BrFN6O/c18-13-9-24(7-11-3-1-2-4-14(11)19)23-16(13)22-17(26)12-5-6-15-20-10-21-25(15)8-12/h1-4,9-10,12H,5-8H2,(H,22,23,26). The largest absolute Gasteiger partial charge is 0.308 e. The number of halogens is 2. The summed E-state index contributed by atoms with van der Waals surface area (Å²) < 4.78 is 17.8. The number of benzene rings is 1. The van der Waals surface area contributed by atoms with Crippen LogP contribution in [-0.2, 0) is 24.3 Å². The van der Waals surface area contributed by atoms with Crippen molar-refractivity contribution < 1.29 is 9.18 Å². The molecule has 0 fully saturated rings. The molecule has 1 aromatic carbocycles. The van der Waals surface area contributed by atoms with Gasteiger partial charge in [0.1, 0.15) is 18.0 Å². The summed E-state index contributed by atoms with van der Waals surface area (Å²) in [6.45, 7) is 0.793. The molecule has 2 aromatic heterocycles. The Bertz CT molecular complexity index is 952. The van der Waals surface area contributed by atoms with Crippen LogP contribution in [0, 0.1) is 11.7 Å². The van der Waals surface area contributed by atoms with Gasteiger partial charge in [0.25, 0.3) is 0 Å². The van der Waals surface area contributed by atoms with E-state index in [0.717, 1.165) is 18.7 Å². The highest BCUT2D eigenvalue weighted by Crippen LogP contribution is 2.24. The summed E-state index contributed by atoms with van der Waals surface area (Å²) in [5.41, 5.74) is 0.534. The van der Waals surface area contributed by atoms with Crippen molar-refractivity contribution >= 4 is 27.7 Å². The summed E-state index contributed by atoms with van der Waals surface area (Å²) in [6.07, 6.45) is 4.67. The zero-order valence-electron chi connectivity index (χ0n) is 13.8. The van der Waals surface area contributed by atoms with Gasteiger partial charge in [0.15, 0.2) is 5.82 Å². The van der Waals surface area contributed by atoms with Crippen molar-refractivity contribution in [2.24, 2.45) is 5.92 Å². The molecule has 1 atom stereocenters. The number of hydrogen-bond acceptors (Lipinski definition) is 4. The Morgan fingerprint density at radius 3 is 3.08 bits per heavy atom. The Balaban J connectivity index is 1.45. The van der Waals surface area contributed by atoms with E-state index in [1.807, 2.05) is 0 Å². The molecule has 0 saturated carbocycles. The van der Waals surface area contributed by atoms with E-state index >= 15 is 0 Å². The lowest BCUT2D eigenvalue weighted by Crippen LogP contribution is -2.32. The number of carbonyl (C=O) groups is 1. The molecule has 1 unspecified atom stereocenters. The smallest absolute Gasteiger partial charge is 0.230 e. The van der Waals surface area contributed by atoms with E-state index in [-0.39, 0.29) is 24.2 Å². The normalized spacial score (nSPS) is 16.3. The molecule has 1 aliphatic rings. The topological polar surface area (TPSA) is 77.6 Å². The second kappa shape index (κ2) is 6.99. The number of aromatic nitrogens is 5. The van der Waals surface area contributed by atoms with Crippen LogP contribution in [0.25, 0.3) is 0 Å². The van der Waals surface area contributed by atoms with Gasteiger partial charge in [-0.05, 0) is 28.4 Å². The average Bonchev–Trinajstić information content (AvgIpc) is 3.23. The molecule has 0 aliphatic carbocycles. The van der Waals surface area contributed by atoms with Gasteiger partial charge in [0.05, 0.1) is 23.5 Å². The first-order chi connectivity index (χ1) is 12.6. The highest BCUT2D eigenvalue weighted by Gasteiger charge is 2.26. The number of rotatable bonds is 4. The van der Waals surface area contributed by atoms with Crippen LogP contribution in [0.15, 0.2) is 41.3 Å². The molecular formula is C17H16BrFN6O. The van der Waals surface area contributed by atoms with Gasteiger partial charge < -0.3 is 5.32 Å². The van der Waals surface area contributed by atoms with Crippen molar-refractivity contribution in [3.05, 3.63) is 58.5 Å². The lowest BCUT2D eigenvalue weighted by atomic mass is 9.99. The molecule has 4 rings (SSSR count).